The van der Waals surface area contributed by atoms with E-state index in [-0.39, 0.29) is 5.41 Å². The third-order valence-electron chi connectivity index (χ3n) is 5.50. The Morgan fingerprint density at radius 3 is 2.48 bits per heavy atom. The van der Waals surface area contributed by atoms with Crippen LogP contribution in [0.5, 0.6) is 0 Å². The highest BCUT2D eigenvalue weighted by molar-refractivity contribution is 5.82. The third-order valence-corrected chi connectivity index (χ3v) is 5.50. The summed E-state index contributed by atoms with van der Waals surface area (Å²) in [6.07, 6.45) is 11.1. The van der Waals surface area contributed by atoms with Crippen molar-refractivity contribution in [2.75, 3.05) is 0 Å². The van der Waals surface area contributed by atoms with E-state index in [1.54, 1.807) is 0 Å². The van der Waals surface area contributed by atoms with Crippen LogP contribution in [0.15, 0.2) is 42.5 Å². The number of rotatable bonds is 5. The summed E-state index contributed by atoms with van der Waals surface area (Å²) in [6, 6.07) is 4.80. The summed E-state index contributed by atoms with van der Waals surface area (Å²) < 4.78 is 0. The average molecular weight is 335 g/mol. The molecule has 1 aromatic carbocycles. The first kappa shape index (κ1) is 19.5. The summed E-state index contributed by atoms with van der Waals surface area (Å²) in [4.78, 5) is 0. The van der Waals surface area contributed by atoms with Crippen molar-refractivity contribution in [3.05, 3.63) is 64.8 Å². The molecule has 0 N–H and O–H groups in total. The maximum Gasteiger partial charge on any atom is -0.00626 e. The number of allylic oxidation sites excluding steroid dienone is 6. The van der Waals surface area contributed by atoms with E-state index in [2.05, 4.69) is 85.4 Å². The van der Waals surface area contributed by atoms with Gasteiger partial charge < -0.3 is 0 Å². The lowest BCUT2D eigenvalue weighted by molar-refractivity contribution is 0.523. The molecule has 1 aliphatic rings. The number of benzene rings is 1. The SMILES string of the molecule is C=Cc1cc2c(cc1/C(C)=C(C)\C=C\CC)C(C(C)C)=CCC2(C)C. The molecule has 0 atom stereocenters. The smallest absolute Gasteiger partial charge is 0.00626 e. The second kappa shape index (κ2) is 7.60. The highest BCUT2D eigenvalue weighted by atomic mass is 14.3. The van der Waals surface area contributed by atoms with E-state index in [9.17, 15) is 0 Å². The fourth-order valence-corrected chi connectivity index (χ4v) is 3.67. The molecule has 134 valence electrons. The van der Waals surface area contributed by atoms with Gasteiger partial charge in [-0.05, 0) is 83.1 Å². The molecule has 0 bridgehead atoms. The van der Waals surface area contributed by atoms with Gasteiger partial charge in [-0.15, -0.1) is 0 Å². The van der Waals surface area contributed by atoms with Crippen LogP contribution in [-0.2, 0) is 5.41 Å². The van der Waals surface area contributed by atoms with Crippen LogP contribution in [0.25, 0.3) is 17.2 Å². The molecule has 25 heavy (non-hydrogen) atoms. The molecular formula is C25H34. The molecule has 0 heterocycles. The minimum Gasteiger partial charge on any atom is -0.0984 e. The summed E-state index contributed by atoms with van der Waals surface area (Å²) in [5.41, 5.74) is 9.79. The highest BCUT2D eigenvalue weighted by Gasteiger charge is 2.30. The largest absolute Gasteiger partial charge is 0.0984 e. The molecule has 2 rings (SSSR count). The minimum atomic E-state index is 0.179. The van der Waals surface area contributed by atoms with Crippen LogP contribution in [0.1, 0.15) is 83.6 Å². The normalized spacial score (nSPS) is 17.4. The maximum atomic E-state index is 4.09. The van der Waals surface area contributed by atoms with Crippen molar-refractivity contribution in [1.82, 2.24) is 0 Å². The predicted octanol–water partition coefficient (Wildman–Crippen LogP) is 7.81. The summed E-state index contributed by atoms with van der Waals surface area (Å²) in [5.74, 6) is 0.544. The molecule has 0 amide bonds. The molecule has 1 aromatic rings. The van der Waals surface area contributed by atoms with Crippen LogP contribution in [0, 0.1) is 5.92 Å². The molecule has 0 heteroatoms. The van der Waals surface area contributed by atoms with Gasteiger partial charge in [0, 0.05) is 0 Å². The Bertz CT molecular complexity index is 748. The zero-order chi connectivity index (χ0) is 18.8. The van der Waals surface area contributed by atoms with Gasteiger partial charge in [0.05, 0.1) is 0 Å². The topological polar surface area (TPSA) is 0 Å². The van der Waals surface area contributed by atoms with Crippen LogP contribution in [-0.4, -0.2) is 0 Å². The molecule has 0 fully saturated rings. The second-order valence-corrected chi connectivity index (χ2v) is 8.21. The van der Waals surface area contributed by atoms with Crippen molar-refractivity contribution < 1.29 is 0 Å². The zero-order valence-corrected chi connectivity index (χ0v) is 17.2. The van der Waals surface area contributed by atoms with Gasteiger partial charge in [0.15, 0.2) is 0 Å². The second-order valence-electron chi connectivity index (χ2n) is 8.21. The maximum absolute atomic E-state index is 4.09. The fourth-order valence-electron chi connectivity index (χ4n) is 3.67. The van der Waals surface area contributed by atoms with Gasteiger partial charge in [-0.1, -0.05) is 71.6 Å². The quantitative estimate of drug-likeness (QED) is 0.482. The summed E-state index contributed by atoms with van der Waals surface area (Å²) >= 11 is 0. The van der Waals surface area contributed by atoms with Crippen LogP contribution in [0.3, 0.4) is 0 Å². The van der Waals surface area contributed by atoms with Gasteiger partial charge in [0.2, 0.25) is 0 Å². The van der Waals surface area contributed by atoms with E-state index in [4.69, 9.17) is 0 Å². The predicted molar refractivity (Wildman–Crippen MR) is 115 cm³/mol. The lowest BCUT2D eigenvalue weighted by atomic mass is 9.70. The monoisotopic (exact) mass is 334 g/mol. The lowest BCUT2D eigenvalue weighted by Crippen LogP contribution is -2.23. The third kappa shape index (κ3) is 3.89. The first-order chi connectivity index (χ1) is 11.7. The number of fused-ring (bicyclic) bond motifs is 1. The number of hydrogen-bond donors (Lipinski definition) is 0. The summed E-state index contributed by atoms with van der Waals surface area (Å²) in [7, 11) is 0. The van der Waals surface area contributed by atoms with E-state index in [1.807, 2.05) is 6.08 Å². The Labute approximate surface area is 155 Å². The van der Waals surface area contributed by atoms with Crippen molar-refractivity contribution in [3.8, 4) is 0 Å². The van der Waals surface area contributed by atoms with Gasteiger partial charge >= 0.3 is 0 Å². The first-order valence-corrected chi connectivity index (χ1v) is 9.58. The van der Waals surface area contributed by atoms with Gasteiger partial charge in [-0.2, -0.15) is 0 Å². The van der Waals surface area contributed by atoms with Gasteiger partial charge in [0.1, 0.15) is 0 Å². The van der Waals surface area contributed by atoms with E-state index in [1.165, 1.54) is 39.0 Å². The first-order valence-electron chi connectivity index (χ1n) is 9.58. The van der Waals surface area contributed by atoms with Crippen molar-refractivity contribution in [1.29, 1.82) is 0 Å². The molecule has 0 radical (unpaired) electrons. The fraction of sp³-hybridized carbons (Fsp3) is 0.440. The lowest BCUT2D eigenvalue weighted by Gasteiger charge is -2.34. The standard InChI is InChI=1S/C25H34/c1-9-11-12-18(5)19(6)22-16-23-21(17(3)4)13-14-25(7,8)24(23)15-20(22)10-2/h10-13,15-17H,2,9,14H2,1,3-8H3/b12-11+,19-18-. The Balaban J connectivity index is 2.73. The molecular weight excluding hydrogens is 300 g/mol. The van der Waals surface area contributed by atoms with E-state index < -0.39 is 0 Å². The zero-order valence-electron chi connectivity index (χ0n) is 17.2. The van der Waals surface area contributed by atoms with Crippen molar-refractivity contribution in [2.45, 2.75) is 66.7 Å². The Morgan fingerprint density at radius 2 is 1.92 bits per heavy atom. The Kier molecular flexibility index (Phi) is 5.93. The summed E-state index contributed by atoms with van der Waals surface area (Å²) in [5, 5.41) is 0. The van der Waals surface area contributed by atoms with Gasteiger partial charge in [-0.25, -0.2) is 0 Å². The van der Waals surface area contributed by atoms with Crippen LogP contribution >= 0.6 is 0 Å². The molecule has 0 saturated heterocycles. The number of hydrogen-bond acceptors (Lipinski definition) is 0. The Hall–Kier alpha value is -1.82. The molecule has 0 nitrogen and oxygen atoms in total. The molecule has 0 saturated carbocycles. The molecule has 1 aliphatic carbocycles. The van der Waals surface area contributed by atoms with E-state index >= 15 is 0 Å². The molecule has 0 aliphatic heterocycles. The molecule has 0 aromatic heterocycles. The van der Waals surface area contributed by atoms with Crippen molar-refractivity contribution in [3.63, 3.8) is 0 Å². The van der Waals surface area contributed by atoms with Crippen LogP contribution in [0.2, 0.25) is 0 Å². The Morgan fingerprint density at radius 1 is 1.24 bits per heavy atom. The van der Waals surface area contributed by atoms with Gasteiger partial charge in [-0.3, -0.25) is 0 Å². The average Bonchev–Trinajstić information content (AvgIpc) is 2.57. The van der Waals surface area contributed by atoms with E-state index in [0.29, 0.717) is 5.92 Å². The van der Waals surface area contributed by atoms with Crippen molar-refractivity contribution in [2.24, 2.45) is 5.92 Å². The molecule has 0 unspecified atom stereocenters. The highest BCUT2D eigenvalue weighted by Crippen LogP contribution is 2.43. The molecule has 0 spiro atoms. The van der Waals surface area contributed by atoms with E-state index in [0.717, 1.165) is 12.8 Å². The van der Waals surface area contributed by atoms with Crippen molar-refractivity contribution >= 4 is 17.2 Å². The minimum absolute atomic E-state index is 0.179. The summed E-state index contributed by atoms with van der Waals surface area (Å²) in [6.45, 7) is 20.0. The van der Waals surface area contributed by atoms with Gasteiger partial charge in [0.25, 0.3) is 0 Å². The van der Waals surface area contributed by atoms with Crippen LogP contribution in [0.4, 0.5) is 0 Å². The van der Waals surface area contributed by atoms with Crippen LogP contribution < -0.4 is 0 Å².